The van der Waals surface area contributed by atoms with Gasteiger partial charge >= 0.3 is 6.09 Å². The Kier molecular flexibility index (Phi) is 6.71. The number of Topliss-reactive ketones (excluding diaryl/α,β-unsaturated/α-hetero) is 1. The molecule has 166 valence electrons. The molecule has 9 heteroatoms. The van der Waals surface area contributed by atoms with Gasteiger partial charge in [-0.05, 0) is 51.8 Å². The van der Waals surface area contributed by atoms with Gasteiger partial charge in [0.2, 0.25) is 10.0 Å². The molecule has 0 saturated carbocycles. The molecular formula is C21H31N3O5S. The van der Waals surface area contributed by atoms with E-state index in [1.807, 2.05) is 6.07 Å². The summed E-state index contributed by atoms with van der Waals surface area (Å²) in [4.78, 5) is 25.7. The monoisotopic (exact) mass is 437 g/mol. The quantitative estimate of drug-likeness (QED) is 0.778. The zero-order valence-electron chi connectivity index (χ0n) is 17.9. The van der Waals surface area contributed by atoms with E-state index in [4.69, 9.17) is 4.74 Å². The van der Waals surface area contributed by atoms with Gasteiger partial charge in [-0.15, -0.1) is 0 Å². The third-order valence-electron chi connectivity index (χ3n) is 5.32. The van der Waals surface area contributed by atoms with Crippen molar-refractivity contribution in [2.75, 3.05) is 31.1 Å². The average Bonchev–Trinajstić information content (AvgIpc) is 2.67. The van der Waals surface area contributed by atoms with E-state index in [0.29, 0.717) is 51.9 Å². The molecule has 0 atom stereocenters. The number of carbonyl (C=O) groups excluding carboxylic acids is 2. The predicted molar refractivity (Wildman–Crippen MR) is 114 cm³/mol. The van der Waals surface area contributed by atoms with Gasteiger partial charge in [0, 0.05) is 50.7 Å². The van der Waals surface area contributed by atoms with E-state index >= 15 is 0 Å². The number of anilines is 1. The third-order valence-corrected chi connectivity index (χ3v) is 7.21. The molecule has 0 radical (unpaired) electrons. The number of ketones is 1. The van der Waals surface area contributed by atoms with Crippen molar-refractivity contribution in [1.29, 1.82) is 0 Å². The molecule has 1 N–H and O–H groups in total. The van der Waals surface area contributed by atoms with Crippen molar-refractivity contribution in [1.82, 2.24) is 9.62 Å². The largest absolute Gasteiger partial charge is 0.444 e. The lowest BCUT2D eigenvalue weighted by Crippen LogP contribution is -2.47. The van der Waals surface area contributed by atoms with Crippen LogP contribution in [-0.4, -0.2) is 62.4 Å². The highest BCUT2D eigenvalue weighted by Gasteiger charge is 2.31. The third kappa shape index (κ3) is 5.72. The summed E-state index contributed by atoms with van der Waals surface area (Å²) in [6.07, 6.45) is 1.58. The summed E-state index contributed by atoms with van der Waals surface area (Å²) in [6, 6.07) is 6.82. The second-order valence-corrected chi connectivity index (χ2v) is 10.8. The maximum atomic E-state index is 13.1. The van der Waals surface area contributed by atoms with Crippen molar-refractivity contribution in [3.05, 3.63) is 24.3 Å². The molecule has 2 fully saturated rings. The van der Waals surface area contributed by atoms with E-state index in [1.165, 1.54) is 4.31 Å². The Morgan fingerprint density at radius 3 is 2.33 bits per heavy atom. The molecule has 3 rings (SSSR count). The van der Waals surface area contributed by atoms with Crippen LogP contribution in [0.25, 0.3) is 0 Å². The van der Waals surface area contributed by atoms with Crippen LogP contribution in [0.1, 0.15) is 46.5 Å². The highest BCUT2D eigenvalue weighted by atomic mass is 32.2. The molecule has 1 aromatic carbocycles. The number of hydrogen-bond acceptors (Lipinski definition) is 6. The van der Waals surface area contributed by atoms with Crippen LogP contribution in [0.3, 0.4) is 0 Å². The fraction of sp³-hybridized carbons (Fsp3) is 0.619. The van der Waals surface area contributed by atoms with Crippen LogP contribution in [-0.2, 0) is 19.6 Å². The summed E-state index contributed by atoms with van der Waals surface area (Å²) in [7, 11) is -3.62. The Morgan fingerprint density at radius 2 is 1.73 bits per heavy atom. The number of carbonyl (C=O) groups is 2. The van der Waals surface area contributed by atoms with Crippen molar-refractivity contribution >= 4 is 27.6 Å². The number of hydrogen-bond donors (Lipinski definition) is 1. The molecule has 0 bridgehead atoms. The zero-order valence-corrected chi connectivity index (χ0v) is 18.7. The predicted octanol–water partition coefficient (Wildman–Crippen LogP) is 2.53. The van der Waals surface area contributed by atoms with Crippen LogP contribution in [0.4, 0.5) is 10.5 Å². The molecule has 2 aliphatic rings. The van der Waals surface area contributed by atoms with Gasteiger partial charge in [0.25, 0.3) is 0 Å². The summed E-state index contributed by atoms with van der Waals surface area (Å²) < 4.78 is 33.0. The van der Waals surface area contributed by atoms with Gasteiger partial charge in [0.15, 0.2) is 0 Å². The maximum Gasteiger partial charge on any atom is 0.407 e. The Morgan fingerprint density at radius 1 is 1.10 bits per heavy atom. The number of alkyl carbamates (subject to hydrolysis) is 1. The Bertz CT molecular complexity index is 876. The summed E-state index contributed by atoms with van der Waals surface area (Å²) in [5, 5.41) is 2.83. The van der Waals surface area contributed by atoms with Gasteiger partial charge in [-0.25, -0.2) is 13.2 Å². The van der Waals surface area contributed by atoms with Gasteiger partial charge < -0.3 is 15.0 Å². The molecule has 1 aromatic rings. The molecule has 0 aromatic heterocycles. The van der Waals surface area contributed by atoms with E-state index in [2.05, 4.69) is 10.2 Å². The van der Waals surface area contributed by atoms with Crippen LogP contribution >= 0.6 is 0 Å². The minimum absolute atomic E-state index is 0.108. The first-order chi connectivity index (χ1) is 14.0. The Balaban J connectivity index is 1.61. The van der Waals surface area contributed by atoms with Gasteiger partial charge in [-0.1, -0.05) is 6.07 Å². The fourth-order valence-electron chi connectivity index (χ4n) is 3.72. The molecule has 0 spiro atoms. The van der Waals surface area contributed by atoms with Crippen molar-refractivity contribution in [3.63, 3.8) is 0 Å². The van der Waals surface area contributed by atoms with E-state index < -0.39 is 21.7 Å². The van der Waals surface area contributed by atoms with Gasteiger partial charge in [0.05, 0.1) is 4.90 Å². The minimum Gasteiger partial charge on any atom is -0.444 e. The summed E-state index contributed by atoms with van der Waals surface area (Å²) >= 11 is 0. The van der Waals surface area contributed by atoms with Crippen LogP contribution in [0.15, 0.2) is 29.2 Å². The highest BCUT2D eigenvalue weighted by molar-refractivity contribution is 7.89. The lowest BCUT2D eigenvalue weighted by atomic mass is 10.1. The normalized spacial score (nSPS) is 19.6. The SMILES string of the molecule is CC(C)(C)OC(=O)NC1CCN(S(=O)(=O)c2cccc(N3CCC(=O)CC3)c2)CC1. The standard InChI is InChI=1S/C21H31N3O5S/c1-21(2,3)29-20(26)22-16-7-13-24(14-8-16)30(27,28)19-6-4-5-17(15-19)23-11-9-18(25)10-12-23/h4-6,15-16H,7-14H2,1-3H3,(H,22,26). The van der Waals surface area contributed by atoms with Gasteiger partial charge in [-0.2, -0.15) is 4.31 Å². The lowest BCUT2D eigenvalue weighted by Gasteiger charge is -2.32. The summed E-state index contributed by atoms with van der Waals surface area (Å²) in [5.74, 6) is 0.248. The summed E-state index contributed by atoms with van der Waals surface area (Å²) in [6.45, 7) is 7.32. The molecular weight excluding hydrogens is 406 g/mol. The topological polar surface area (TPSA) is 96.0 Å². The molecule has 30 heavy (non-hydrogen) atoms. The van der Waals surface area contributed by atoms with E-state index in [9.17, 15) is 18.0 Å². The smallest absolute Gasteiger partial charge is 0.407 e. The number of sulfonamides is 1. The molecule has 0 unspecified atom stereocenters. The zero-order chi connectivity index (χ0) is 21.9. The number of benzene rings is 1. The second kappa shape index (κ2) is 8.93. The van der Waals surface area contributed by atoms with Crippen LogP contribution in [0.2, 0.25) is 0 Å². The van der Waals surface area contributed by atoms with Crippen LogP contribution in [0.5, 0.6) is 0 Å². The Hall–Kier alpha value is -2.13. The number of amides is 1. The molecule has 2 heterocycles. The second-order valence-electron chi connectivity index (χ2n) is 8.85. The molecule has 0 aliphatic carbocycles. The molecule has 1 amide bonds. The fourth-order valence-corrected chi connectivity index (χ4v) is 5.23. The number of rotatable bonds is 4. The lowest BCUT2D eigenvalue weighted by molar-refractivity contribution is -0.119. The van der Waals surface area contributed by atoms with Gasteiger partial charge in [0.1, 0.15) is 11.4 Å². The minimum atomic E-state index is -3.62. The maximum absolute atomic E-state index is 13.1. The highest BCUT2D eigenvalue weighted by Crippen LogP contribution is 2.26. The van der Waals surface area contributed by atoms with Crippen molar-refractivity contribution in [2.24, 2.45) is 0 Å². The van der Waals surface area contributed by atoms with E-state index in [1.54, 1.807) is 39.0 Å². The number of piperidine rings is 2. The number of ether oxygens (including phenoxy) is 1. The van der Waals surface area contributed by atoms with Crippen molar-refractivity contribution < 1.29 is 22.7 Å². The summed E-state index contributed by atoms with van der Waals surface area (Å²) in [5.41, 5.74) is 0.255. The molecule has 2 saturated heterocycles. The Labute approximate surface area is 178 Å². The first-order valence-electron chi connectivity index (χ1n) is 10.4. The van der Waals surface area contributed by atoms with E-state index in [-0.39, 0.29) is 16.7 Å². The number of nitrogens with one attached hydrogen (secondary N) is 1. The van der Waals surface area contributed by atoms with Crippen LogP contribution in [0, 0.1) is 0 Å². The average molecular weight is 438 g/mol. The number of nitrogens with zero attached hydrogens (tertiary/aromatic N) is 2. The van der Waals surface area contributed by atoms with Crippen molar-refractivity contribution in [2.45, 2.75) is 63.0 Å². The molecule has 2 aliphatic heterocycles. The van der Waals surface area contributed by atoms with Gasteiger partial charge in [-0.3, -0.25) is 4.79 Å². The molecule has 8 nitrogen and oxygen atoms in total. The first kappa shape index (κ1) is 22.6. The van der Waals surface area contributed by atoms with E-state index in [0.717, 1.165) is 5.69 Å². The van der Waals surface area contributed by atoms with Crippen LogP contribution < -0.4 is 10.2 Å². The van der Waals surface area contributed by atoms with Crippen molar-refractivity contribution in [3.8, 4) is 0 Å². The first-order valence-corrected chi connectivity index (χ1v) is 11.8.